The maximum Gasteiger partial charge on any atom is 0.446 e. The van der Waals surface area contributed by atoms with Crippen molar-refractivity contribution in [3.05, 3.63) is 64.2 Å². The molecule has 2 rings (SSSR count). The Morgan fingerprint density at radius 2 is 1.81 bits per heavy atom. The van der Waals surface area contributed by atoms with Crippen molar-refractivity contribution in [1.29, 1.82) is 0 Å². The number of nitro benzene ring substituents is 1. The molecule has 0 atom stereocenters. The summed E-state index contributed by atoms with van der Waals surface area (Å²) in [6, 6.07) is 9.69. The largest absolute Gasteiger partial charge is 0.452 e. The van der Waals surface area contributed by atoms with Crippen LogP contribution < -0.4 is 5.32 Å². The number of carbonyl (C=O) groups excluding carboxylic acids is 2. The molecule has 0 heterocycles. The number of anilines is 1. The summed E-state index contributed by atoms with van der Waals surface area (Å²) in [5.74, 6) is -1.62. The van der Waals surface area contributed by atoms with Crippen LogP contribution in [0.15, 0.2) is 53.4 Å². The van der Waals surface area contributed by atoms with Gasteiger partial charge in [-0.05, 0) is 42.1 Å². The quantitative estimate of drug-likeness (QED) is 0.341. The molecule has 0 aromatic heterocycles. The van der Waals surface area contributed by atoms with Crippen LogP contribution in [0.3, 0.4) is 0 Å². The summed E-state index contributed by atoms with van der Waals surface area (Å²) >= 11 is -0.320. The Hall–Kier alpha value is -3.08. The van der Waals surface area contributed by atoms with Gasteiger partial charge in [0.1, 0.15) is 0 Å². The number of thioether (sulfide) groups is 1. The molecule has 7 nitrogen and oxygen atoms in total. The van der Waals surface area contributed by atoms with E-state index in [-0.39, 0.29) is 33.6 Å². The number of non-ortho nitro benzene ring substituents is 1. The third-order valence-electron chi connectivity index (χ3n) is 3.00. The van der Waals surface area contributed by atoms with E-state index in [0.29, 0.717) is 0 Å². The first-order valence-electron chi connectivity index (χ1n) is 7.21. The van der Waals surface area contributed by atoms with Crippen molar-refractivity contribution in [1.82, 2.24) is 0 Å². The predicted molar refractivity (Wildman–Crippen MR) is 90.4 cm³/mol. The highest BCUT2D eigenvalue weighted by Gasteiger charge is 2.29. The molecule has 0 spiro atoms. The van der Waals surface area contributed by atoms with Crippen LogP contribution in [0.4, 0.5) is 24.5 Å². The summed E-state index contributed by atoms with van der Waals surface area (Å²) in [5.41, 5.74) is -4.53. The molecule has 2 aromatic rings. The summed E-state index contributed by atoms with van der Waals surface area (Å²) in [4.78, 5) is 33.5. The van der Waals surface area contributed by atoms with E-state index in [1.165, 1.54) is 18.2 Å². The van der Waals surface area contributed by atoms with E-state index in [2.05, 4.69) is 5.32 Å². The molecule has 0 aliphatic carbocycles. The number of nitro groups is 1. The Kier molecular flexibility index (Phi) is 6.40. The zero-order chi connectivity index (χ0) is 20.0. The van der Waals surface area contributed by atoms with Gasteiger partial charge < -0.3 is 10.1 Å². The van der Waals surface area contributed by atoms with Gasteiger partial charge in [0.15, 0.2) is 6.61 Å². The molecular formula is C16H11F3N2O5S. The van der Waals surface area contributed by atoms with Crippen LogP contribution in [-0.4, -0.2) is 28.9 Å². The number of nitrogens with zero attached hydrogens (tertiary/aromatic N) is 1. The summed E-state index contributed by atoms with van der Waals surface area (Å²) in [5, 5.41) is 13.0. The van der Waals surface area contributed by atoms with E-state index >= 15 is 0 Å². The van der Waals surface area contributed by atoms with Gasteiger partial charge in [-0.15, -0.1) is 0 Å². The fourth-order valence-corrected chi connectivity index (χ4v) is 2.44. The number of nitrogens with one attached hydrogen (secondary N) is 1. The molecular weight excluding hydrogens is 389 g/mol. The molecule has 0 aliphatic heterocycles. The van der Waals surface area contributed by atoms with Gasteiger partial charge in [-0.1, -0.05) is 6.07 Å². The standard InChI is InChI=1S/C16H11F3N2O5S/c17-16(18,19)27-13-6-4-10(5-7-13)15(23)26-9-14(22)20-11-2-1-3-12(8-11)21(24)25/h1-8H,9H2,(H,20,22). The number of carbonyl (C=O) groups is 2. The molecule has 2 aromatic carbocycles. The zero-order valence-electron chi connectivity index (χ0n) is 13.4. The number of halogens is 3. The molecule has 0 unspecified atom stereocenters. The minimum absolute atomic E-state index is 0.0235. The van der Waals surface area contributed by atoms with Gasteiger partial charge in [0.2, 0.25) is 0 Å². The molecule has 1 amide bonds. The normalized spacial score (nSPS) is 10.9. The molecule has 142 valence electrons. The smallest absolute Gasteiger partial charge is 0.446 e. The van der Waals surface area contributed by atoms with Crippen molar-refractivity contribution in [2.45, 2.75) is 10.4 Å². The second kappa shape index (κ2) is 8.54. The monoisotopic (exact) mass is 400 g/mol. The average molecular weight is 400 g/mol. The first-order valence-corrected chi connectivity index (χ1v) is 8.03. The van der Waals surface area contributed by atoms with E-state index in [1.54, 1.807) is 0 Å². The SMILES string of the molecule is O=C(COC(=O)c1ccc(SC(F)(F)F)cc1)Nc1cccc([N+](=O)[O-])c1. The molecule has 27 heavy (non-hydrogen) atoms. The molecule has 0 saturated carbocycles. The number of rotatable bonds is 6. The van der Waals surface area contributed by atoms with Crippen LogP contribution in [0.1, 0.15) is 10.4 Å². The van der Waals surface area contributed by atoms with E-state index < -0.39 is 28.9 Å². The fourth-order valence-electron chi connectivity index (χ4n) is 1.90. The lowest BCUT2D eigenvalue weighted by Gasteiger charge is -2.08. The molecule has 0 bridgehead atoms. The predicted octanol–water partition coefficient (Wildman–Crippen LogP) is 4.00. The van der Waals surface area contributed by atoms with E-state index in [9.17, 15) is 32.9 Å². The van der Waals surface area contributed by atoms with Crippen LogP contribution in [0.2, 0.25) is 0 Å². The topological polar surface area (TPSA) is 98.5 Å². The van der Waals surface area contributed by atoms with Crippen molar-refractivity contribution in [3.8, 4) is 0 Å². The fraction of sp³-hybridized carbons (Fsp3) is 0.125. The van der Waals surface area contributed by atoms with Crippen LogP contribution in [0.5, 0.6) is 0 Å². The van der Waals surface area contributed by atoms with Crippen molar-refractivity contribution in [2.24, 2.45) is 0 Å². The highest BCUT2D eigenvalue weighted by molar-refractivity contribution is 8.00. The Bertz CT molecular complexity index is 856. The highest BCUT2D eigenvalue weighted by Crippen LogP contribution is 2.36. The number of amides is 1. The van der Waals surface area contributed by atoms with Gasteiger partial charge in [0.25, 0.3) is 11.6 Å². The lowest BCUT2D eigenvalue weighted by Crippen LogP contribution is -2.21. The molecule has 0 radical (unpaired) electrons. The first-order chi connectivity index (χ1) is 12.6. The number of ether oxygens (including phenoxy) is 1. The Morgan fingerprint density at radius 3 is 2.41 bits per heavy atom. The van der Waals surface area contributed by atoms with Gasteiger partial charge in [-0.3, -0.25) is 14.9 Å². The lowest BCUT2D eigenvalue weighted by molar-refractivity contribution is -0.384. The van der Waals surface area contributed by atoms with Crippen LogP contribution in [0, 0.1) is 10.1 Å². The Labute approximate surface area is 154 Å². The van der Waals surface area contributed by atoms with Crippen molar-refractivity contribution >= 4 is 35.0 Å². The first kappa shape index (κ1) is 20.2. The summed E-state index contributed by atoms with van der Waals surface area (Å²) in [6.45, 7) is -0.666. The van der Waals surface area contributed by atoms with Crippen molar-refractivity contribution in [3.63, 3.8) is 0 Å². The van der Waals surface area contributed by atoms with Crippen LogP contribution >= 0.6 is 11.8 Å². The van der Waals surface area contributed by atoms with Crippen molar-refractivity contribution < 1.29 is 32.4 Å². The second-order valence-corrected chi connectivity index (χ2v) is 6.14. The second-order valence-electron chi connectivity index (χ2n) is 5.00. The van der Waals surface area contributed by atoms with Gasteiger partial charge in [0, 0.05) is 22.7 Å². The summed E-state index contributed by atoms with van der Waals surface area (Å²) in [6.07, 6.45) is 0. The third kappa shape index (κ3) is 6.62. The van der Waals surface area contributed by atoms with Crippen molar-refractivity contribution in [2.75, 3.05) is 11.9 Å². The Morgan fingerprint density at radius 1 is 1.15 bits per heavy atom. The number of esters is 1. The van der Waals surface area contributed by atoms with Crippen LogP contribution in [0.25, 0.3) is 0 Å². The third-order valence-corrected chi connectivity index (χ3v) is 3.74. The van der Waals surface area contributed by atoms with Gasteiger partial charge in [0.05, 0.1) is 10.5 Å². The van der Waals surface area contributed by atoms with E-state index in [4.69, 9.17) is 4.74 Å². The van der Waals surface area contributed by atoms with E-state index in [0.717, 1.165) is 30.3 Å². The minimum Gasteiger partial charge on any atom is -0.452 e. The maximum absolute atomic E-state index is 12.2. The summed E-state index contributed by atoms with van der Waals surface area (Å²) in [7, 11) is 0. The van der Waals surface area contributed by atoms with Gasteiger partial charge in [-0.2, -0.15) is 13.2 Å². The molecule has 11 heteroatoms. The van der Waals surface area contributed by atoms with Crippen LogP contribution in [-0.2, 0) is 9.53 Å². The maximum atomic E-state index is 12.2. The number of hydrogen-bond acceptors (Lipinski definition) is 6. The lowest BCUT2D eigenvalue weighted by atomic mass is 10.2. The molecule has 1 N–H and O–H groups in total. The highest BCUT2D eigenvalue weighted by atomic mass is 32.2. The number of hydrogen-bond donors (Lipinski definition) is 1. The summed E-state index contributed by atoms with van der Waals surface area (Å²) < 4.78 is 41.5. The number of benzene rings is 2. The van der Waals surface area contributed by atoms with Gasteiger partial charge in [-0.25, -0.2) is 4.79 Å². The van der Waals surface area contributed by atoms with E-state index in [1.807, 2.05) is 0 Å². The average Bonchev–Trinajstić information content (AvgIpc) is 2.59. The molecule has 0 aliphatic rings. The molecule has 0 saturated heterocycles. The van der Waals surface area contributed by atoms with Gasteiger partial charge >= 0.3 is 11.5 Å². The number of alkyl halides is 3. The zero-order valence-corrected chi connectivity index (χ0v) is 14.2. The molecule has 0 fully saturated rings. The Balaban J connectivity index is 1.88. The minimum atomic E-state index is -4.44.